The maximum atomic E-state index is 13.1. The lowest BCUT2D eigenvalue weighted by Crippen LogP contribution is -2.43. The van der Waals surface area contributed by atoms with Crippen LogP contribution in [0.1, 0.15) is 48.2 Å². The Balaban J connectivity index is 0.00000272. The largest absolute Gasteiger partial charge is 0.310 e. The van der Waals surface area contributed by atoms with Crippen LogP contribution in [0.2, 0.25) is 0 Å². The fourth-order valence-electron chi connectivity index (χ4n) is 4.98. The molecule has 0 spiro atoms. The van der Waals surface area contributed by atoms with Crippen LogP contribution >= 0.6 is 12.4 Å². The molecule has 0 N–H and O–H groups in total. The number of amides is 1. The molecular weight excluding hydrogens is 415 g/mol. The van der Waals surface area contributed by atoms with E-state index in [4.69, 9.17) is 0 Å². The number of rotatable bonds is 5. The Morgan fingerprint density at radius 3 is 2.35 bits per heavy atom. The van der Waals surface area contributed by atoms with Crippen molar-refractivity contribution in [3.8, 4) is 0 Å². The highest BCUT2D eigenvalue weighted by Crippen LogP contribution is 2.43. The Hall–Kier alpha value is -2.24. The number of anilines is 1. The van der Waals surface area contributed by atoms with Crippen molar-refractivity contribution in [2.45, 2.75) is 39.0 Å². The van der Waals surface area contributed by atoms with Crippen molar-refractivity contribution in [3.05, 3.63) is 65.0 Å². The van der Waals surface area contributed by atoms with Crippen LogP contribution in [0.5, 0.6) is 0 Å². The van der Waals surface area contributed by atoms with Gasteiger partial charge >= 0.3 is 0 Å². The highest BCUT2D eigenvalue weighted by Gasteiger charge is 2.44. The number of Topliss-reactive ketones (excluding diaryl/α,β-unsaturated/α-hetero) is 1. The van der Waals surface area contributed by atoms with Gasteiger partial charge in [-0.2, -0.15) is 0 Å². The third-order valence-electron chi connectivity index (χ3n) is 6.67. The number of aryl methyl sites for hydroxylation is 1. The molecule has 1 amide bonds. The third kappa shape index (κ3) is 4.39. The smallest absolute Gasteiger partial charge is 0.237 e. The quantitative estimate of drug-likeness (QED) is 0.623. The van der Waals surface area contributed by atoms with Crippen molar-refractivity contribution >= 4 is 29.8 Å². The van der Waals surface area contributed by atoms with Gasteiger partial charge in [0.25, 0.3) is 0 Å². The van der Waals surface area contributed by atoms with E-state index in [0.29, 0.717) is 12.1 Å². The van der Waals surface area contributed by atoms with Gasteiger partial charge in [0.1, 0.15) is 5.82 Å². The second kappa shape index (κ2) is 9.09. The van der Waals surface area contributed by atoms with Gasteiger partial charge in [-0.1, -0.05) is 12.1 Å². The minimum Gasteiger partial charge on any atom is -0.310 e. The van der Waals surface area contributed by atoms with Gasteiger partial charge < -0.3 is 9.80 Å². The monoisotopic (exact) mass is 444 g/mol. The Kier molecular flexibility index (Phi) is 6.87. The van der Waals surface area contributed by atoms with Gasteiger partial charge in [-0.05, 0) is 88.2 Å². The van der Waals surface area contributed by atoms with Crippen LogP contribution in [-0.2, 0) is 10.2 Å². The Morgan fingerprint density at radius 2 is 1.71 bits per heavy atom. The van der Waals surface area contributed by atoms with E-state index in [1.54, 1.807) is 12.1 Å². The first-order chi connectivity index (χ1) is 14.3. The molecular formula is C25H30ClFN2O2. The zero-order chi connectivity index (χ0) is 21.5. The fourth-order valence-corrected chi connectivity index (χ4v) is 4.98. The van der Waals surface area contributed by atoms with Gasteiger partial charge in [-0.3, -0.25) is 9.59 Å². The highest BCUT2D eigenvalue weighted by atomic mass is 35.5. The Bertz CT molecular complexity index is 966. The molecule has 0 bridgehead atoms. The molecule has 166 valence electrons. The second-order valence-corrected chi connectivity index (χ2v) is 9.04. The summed E-state index contributed by atoms with van der Waals surface area (Å²) in [4.78, 5) is 30.0. The molecule has 0 aromatic heterocycles. The van der Waals surface area contributed by atoms with Gasteiger partial charge in [0, 0.05) is 30.3 Å². The van der Waals surface area contributed by atoms with E-state index in [1.807, 2.05) is 30.9 Å². The van der Waals surface area contributed by atoms with Crippen molar-refractivity contribution in [2.24, 2.45) is 5.92 Å². The molecule has 1 saturated heterocycles. The minimum atomic E-state index is -0.491. The Labute approximate surface area is 189 Å². The summed E-state index contributed by atoms with van der Waals surface area (Å²) in [5, 5.41) is 0. The molecule has 0 radical (unpaired) electrons. The SMILES string of the molecule is Cc1cccc2c1C(C)(C)C(=O)N2CCN1CCC(C(=O)c2ccc(F)cc2)CC1.Cl. The molecule has 2 aromatic carbocycles. The van der Waals surface area contributed by atoms with E-state index >= 15 is 0 Å². The predicted molar refractivity (Wildman–Crippen MR) is 124 cm³/mol. The molecule has 31 heavy (non-hydrogen) atoms. The minimum absolute atomic E-state index is 0. The van der Waals surface area contributed by atoms with Crippen LogP contribution in [0, 0.1) is 18.7 Å². The maximum Gasteiger partial charge on any atom is 0.237 e. The van der Waals surface area contributed by atoms with Gasteiger partial charge in [0.2, 0.25) is 5.91 Å². The van der Waals surface area contributed by atoms with Gasteiger partial charge in [-0.15, -0.1) is 12.4 Å². The summed E-state index contributed by atoms with van der Waals surface area (Å²) < 4.78 is 13.1. The summed E-state index contributed by atoms with van der Waals surface area (Å²) in [6.07, 6.45) is 1.59. The lowest BCUT2D eigenvalue weighted by atomic mass is 9.83. The van der Waals surface area contributed by atoms with Crippen molar-refractivity contribution < 1.29 is 14.0 Å². The van der Waals surface area contributed by atoms with Crippen LogP contribution in [0.15, 0.2) is 42.5 Å². The zero-order valence-corrected chi connectivity index (χ0v) is 19.2. The molecule has 2 heterocycles. The topological polar surface area (TPSA) is 40.6 Å². The number of hydrogen-bond acceptors (Lipinski definition) is 3. The summed E-state index contributed by atoms with van der Waals surface area (Å²) >= 11 is 0. The summed E-state index contributed by atoms with van der Waals surface area (Å²) in [5.74, 6) is -0.0658. The van der Waals surface area contributed by atoms with Gasteiger partial charge in [-0.25, -0.2) is 4.39 Å². The molecule has 0 aliphatic carbocycles. The molecule has 4 nitrogen and oxygen atoms in total. The number of ketones is 1. The van der Waals surface area contributed by atoms with E-state index in [2.05, 4.69) is 17.9 Å². The number of likely N-dealkylation sites (tertiary alicyclic amines) is 1. The average molecular weight is 445 g/mol. The van der Waals surface area contributed by atoms with Crippen LogP contribution in [0.4, 0.5) is 10.1 Å². The number of carbonyl (C=O) groups is 2. The number of benzene rings is 2. The molecule has 0 atom stereocenters. The van der Waals surface area contributed by atoms with Gasteiger partial charge in [0.05, 0.1) is 5.41 Å². The molecule has 0 unspecified atom stereocenters. The number of halogens is 2. The maximum absolute atomic E-state index is 13.1. The first kappa shape index (κ1) is 23.4. The van der Waals surface area contributed by atoms with Crippen molar-refractivity contribution in [2.75, 3.05) is 31.1 Å². The van der Waals surface area contributed by atoms with Crippen LogP contribution in [-0.4, -0.2) is 42.8 Å². The first-order valence-corrected chi connectivity index (χ1v) is 10.7. The molecule has 6 heteroatoms. The predicted octanol–water partition coefficient (Wildman–Crippen LogP) is 4.78. The van der Waals surface area contributed by atoms with Crippen molar-refractivity contribution in [1.29, 1.82) is 0 Å². The molecule has 2 aliphatic rings. The van der Waals surface area contributed by atoms with Crippen molar-refractivity contribution in [1.82, 2.24) is 4.90 Å². The summed E-state index contributed by atoms with van der Waals surface area (Å²) in [5.41, 5.74) is 3.43. The zero-order valence-electron chi connectivity index (χ0n) is 18.4. The molecule has 2 aromatic rings. The van der Waals surface area contributed by atoms with E-state index in [9.17, 15) is 14.0 Å². The van der Waals surface area contributed by atoms with Crippen molar-refractivity contribution in [3.63, 3.8) is 0 Å². The van der Waals surface area contributed by atoms with E-state index in [0.717, 1.165) is 49.3 Å². The normalized spacial score (nSPS) is 18.6. The lowest BCUT2D eigenvalue weighted by Gasteiger charge is -2.32. The number of nitrogens with zero attached hydrogens (tertiary/aromatic N) is 2. The first-order valence-electron chi connectivity index (χ1n) is 10.7. The summed E-state index contributed by atoms with van der Waals surface area (Å²) in [7, 11) is 0. The molecule has 0 saturated carbocycles. The van der Waals surface area contributed by atoms with Crippen LogP contribution < -0.4 is 4.90 Å². The number of carbonyl (C=O) groups excluding carboxylic acids is 2. The standard InChI is InChI=1S/C25H29FN2O2.ClH/c1-17-5-4-6-21-22(17)25(2,3)24(30)28(21)16-15-27-13-11-19(12-14-27)23(29)18-7-9-20(26)10-8-18;/h4-10,19H,11-16H2,1-3H3;1H. The second-order valence-electron chi connectivity index (χ2n) is 9.04. The lowest BCUT2D eigenvalue weighted by molar-refractivity contribution is -0.122. The summed E-state index contributed by atoms with van der Waals surface area (Å²) in [6, 6.07) is 12.0. The number of hydrogen-bond donors (Lipinski definition) is 0. The third-order valence-corrected chi connectivity index (χ3v) is 6.67. The summed E-state index contributed by atoms with van der Waals surface area (Å²) in [6.45, 7) is 9.22. The number of piperidine rings is 1. The molecule has 1 fully saturated rings. The molecule has 2 aliphatic heterocycles. The number of fused-ring (bicyclic) bond motifs is 1. The molecule has 4 rings (SSSR count). The fraction of sp³-hybridized carbons (Fsp3) is 0.440. The van der Waals surface area contributed by atoms with E-state index < -0.39 is 5.41 Å². The average Bonchev–Trinajstić information content (AvgIpc) is 2.93. The van der Waals surface area contributed by atoms with Gasteiger partial charge in [0.15, 0.2) is 5.78 Å². The van der Waals surface area contributed by atoms with Crippen LogP contribution in [0.25, 0.3) is 0 Å². The van der Waals surface area contributed by atoms with E-state index in [1.165, 1.54) is 12.1 Å². The highest BCUT2D eigenvalue weighted by molar-refractivity contribution is 6.08. The Morgan fingerprint density at radius 1 is 1.06 bits per heavy atom. The van der Waals surface area contributed by atoms with E-state index in [-0.39, 0.29) is 35.8 Å². The van der Waals surface area contributed by atoms with Crippen LogP contribution in [0.3, 0.4) is 0 Å².